The predicted molar refractivity (Wildman–Crippen MR) is 82.9 cm³/mol. The Morgan fingerprint density at radius 3 is 3.18 bits per heavy atom. The molecule has 22 heavy (non-hydrogen) atoms. The Hall–Kier alpha value is -1.86. The average molecular weight is 317 g/mol. The summed E-state index contributed by atoms with van der Waals surface area (Å²) >= 11 is 1.57. The lowest BCUT2D eigenvalue weighted by Crippen LogP contribution is -2.48. The predicted octanol–water partition coefficient (Wildman–Crippen LogP) is 1.92. The third-order valence-corrected chi connectivity index (χ3v) is 5.75. The van der Waals surface area contributed by atoms with Crippen molar-refractivity contribution in [2.24, 2.45) is 0 Å². The van der Waals surface area contributed by atoms with Crippen molar-refractivity contribution in [3.8, 4) is 5.75 Å². The Morgan fingerprint density at radius 1 is 1.36 bits per heavy atom. The maximum absolute atomic E-state index is 12.3. The first-order valence-electron chi connectivity index (χ1n) is 7.48. The molecule has 1 atom stereocenters. The smallest absolute Gasteiger partial charge is 0.324 e. The van der Waals surface area contributed by atoms with Crippen molar-refractivity contribution in [3.63, 3.8) is 0 Å². The first kappa shape index (κ1) is 12.7. The van der Waals surface area contributed by atoms with Gasteiger partial charge in [-0.15, -0.1) is 0 Å². The summed E-state index contributed by atoms with van der Waals surface area (Å²) in [7, 11) is 0. The van der Waals surface area contributed by atoms with E-state index in [4.69, 9.17) is 14.5 Å². The molecule has 2 aromatic rings. The van der Waals surface area contributed by atoms with Gasteiger partial charge in [0.25, 0.3) is 0 Å². The van der Waals surface area contributed by atoms with Crippen LogP contribution in [-0.2, 0) is 11.2 Å². The lowest BCUT2D eigenvalue weighted by molar-refractivity contribution is 0.181. The number of anilines is 1. The first-order chi connectivity index (χ1) is 10.8. The minimum Gasteiger partial charge on any atom is -0.493 e. The molecule has 6 nitrogen and oxygen atoms in total. The fourth-order valence-corrected chi connectivity index (χ4v) is 4.67. The highest BCUT2D eigenvalue weighted by Gasteiger charge is 2.50. The van der Waals surface area contributed by atoms with Crippen LogP contribution in [0.1, 0.15) is 12.0 Å². The van der Waals surface area contributed by atoms with Crippen LogP contribution in [-0.4, -0.2) is 42.9 Å². The average Bonchev–Trinajstić information content (AvgIpc) is 3.26. The van der Waals surface area contributed by atoms with Gasteiger partial charge in [0.05, 0.1) is 29.0 Å². The summed E-state index contributed by atoms with van der Waals surface area (Å²) in [5.41, 5.74) is 1.87. The molecule has 0 aliphatic carbocycles. The van der Waals surface area contributed by atoms with Crippen molar-refractivity contribution in [2.45, 2.75) is 18.4 Å². The van der Waals surface area contributed by atoms with Crippen molar-refractivity contribution in [1.29, 1.82) is 0 Å². The highest BCUT2D eigenvalue weighted by Crippen LogP contribution is 2.41. The number of urea groups is 1. The van der Waals surface area contributed by atoms with Crippen molar-refractivity contribution in [1.82, 2.24) is 10.3 Å². The molecule has 0 saturated carbocycles. The second-order valence-electron chi connectivity index (χ2n) is 6.00. The monoisotopic (exact) mass is 317 g/mol. The van der Waals surface area contributed by atoms with Crippen LogP contribution in [0.15, 0.2) is 12.1 Å². The Morgan fingerprint density at radius 2 is 2.32 bits per heavy atom. The fraction of sp³-hybridized carbons (Fsp3) is 0.467. The highest BCUT2D eigenvalue weighted by molar-refractivity contribution is 7.22. The van der Waals surface area contributed by atoms with Crippen LogP contribution in [0.3, 0.4) is 0 Å². The second kappa shape index (κ2) is 4.33. The van der Waals surface area contributed by atoms with E-state index in [1.165, 1.54) is 0 Å². The Labute approximate surface area is 131 Å². The lowest BCUT2D eigenvalue weighted by atomic mass is 9.99. The van der Waals surface area contributed by atoms with Gasteiger partial charge in [0, 0.05) is 25.1 Å². The first-order valence-corrected chi connectivity index (χ1v) is 8.30. The van der Waals surface area contributed by atoms with E-state index in [9.17, 15) is 4.79 Å². The fourth-order valence-electron chi connectivity index (χ4n) is 3.57. The normalized spacial score (nSPS) is 26.7. The number of carbonyl (C=O) groups is 1. The number of thiazole rings is 1. The molecular formula is C15H15N3O3S. The number of hydrogen-bond donors (Lipinski definition) is 1. The second-order valence-corrected chi connectivity index (χ2v) is 7.01. The van der Waals surface area contributed by atoms with Crippen molar-refractivity contribution in [2.75, 3.05) is 31.3 Å². The maximum atomic E-state index is 12.3. The van der Waals surface area contributed by atoms with E-state index < -0.39 is 0 Å². The van der Waals surface area contributed by atoms with Crippen LogP contribution in [0.5, 0.6) is 5.75 Å². The van der Waals surface area contributed by atoms with Gasteiger partial charge in [0.15, 0.2) is 5.13 Å². The van der Waals surface area contributed by atoms with Gasteiger partial charge in [-0.2, -0.15) is 0 Å². The largest absolute Gasteiger partial charge is 0.493 e. The highest BCUT2D eigenvalue weighted by atomic mass is 32.1. The molecule has 2 amide bonds. The number of fused-ring (bicyclic) bond motifs is 3. The zero-order chi connectivity index (χ0) is 14.7. The zero-order valence-corrected chi connectivity index (χ0v) is 12.7. The summed E-state index contributed by atoms with van der Waals surface area (Å²) in [6.45, 7) is 2.61. The van der Waals surface area contributed by atoms with Crippen molar-refractivity contribution >= 4 is 32.7 Å². The third-order valence-electron chi connectivity index (χ3n) is 4.74. The maximum Gasteiger partial charge on any atom is 0.324 e. The van der Waals surface area contributed by atoms with Crippen LogP contribution in [0, 0.1) is 0 Å². The summed E-state index contributed by atoms with van der Waals surface area (Å²) < 4.78 is 12.3. The Balaban J connectivity index is 1.65. The topological polar surface area (TPSA) is 63.7 Å². The number of benzene rings is 1. The molecule has 0 unspecified atom stereocenters. The molecule has 3 aliphatic heterocycles. The molecule has 1 aromatic carbocycles. The Kier molecular flexibility index (Phi) is 2.49. The van der Waals surface area contributed by atoms with E-state index in [2.05, 4.69) is 5.32 Å². The van der Waals surface area contributed by atoms with E-state index in [0.29, 0.717) is 26.4 Å². The molecule has 4 heterocycles. The van der Waals surface area contributed by atoms with Gasteiger partial charge in [-0.3, -0.25) is 4.90 Å². The molecule has 1 aromatic heterocycles. The minimum absolute atomic E-state index is 0.0718. The standard InChI is InChI=1S/C15H15N3O3S/c19-13-16-7-15(4-6-20-8-15)18(13)14-17-12-9-3-5-21-10(9)1-2-11(12)22-14/h1-2H,3-8H2,(H,16,19)/t15-/m0/s1. The summed E-state index contributed by atoms with van der Waals surface area (Å²) in [4.78, 5) is 18.9. The van der Waals surface area contributed by atoms with Crippen LogP contribution in [0.4, 0.5) is 9.93 Å². The number of rotatable bonds is 1. The van der Waals surface area contributed by atoms with Gasteiger partial charge in [0.2, 0.25) is 0 Å². The molecule has 2 fully saturated rings. The van der Waals surface area contributed by atoms with E-state index >= 15 is 0 Å². The number of aromatic nitrogens is 1. The number of amides is 2. The molecule has 1 N–H and O–H groups in total. The van der Waals surface area contributed by atoms with Gasteiger partial charge in [-0.1, -0.05) is 11.3 Å². The quantitative estimate of drug-likeness (QED) is 0.873. The van der Waals surface area contributed by atoms with E-state index in [0.717, 1.165) is 39.5 Å². The third kappa shape index (κ3) is 1.58. The molecule has 2 saturated heterocycles. The SMILES string of the molecule is O=C1NC[C@]2(CCOC2)N1c1nc2c3c(ccc2s1)OCC3. The molecule has 114 valence electrons. The molecule has 0 bridgehead atoms. The van der Waals surface area contributed by atoms with Crippen LogP contribution in [0.2, 0.25) is 0 Å². The molecule has 5 rings (SSSR count). The number of nitrogens with one attached hydrogen (secondary N) is 1. The molecule has 1 spiro atoms. The van der Waals surface area contributed by atoms with E-state index in [-0.39, 0.29) is 11.6 Å². The van der Waals surface area contributed by atoms with Crippen molar-refractivity contribution in [3.05, 3.63) is 17.7 Å². The zero-order valence-electron chi connectivity index (χ0n) is 11.9. The van der Waals surface area contributed by atoms with Gasteiger partial charge in [-0.25, -0.2) is 9.78 Å². The lowest BCUT2D eigenvalue weighted by Gasteiger charge is -2.29. The number of hydrogen-bond acceptors (Lipinski definition) is 5. The number of carbonyl (C=O) groups excluding carboxylic acids is 1. The molecule has 3 aliphatic rings. The molecule has 7 heteroatoms. The van der Waals surface area contributed by atoms with Crippen molar-refractivity contribution < 1.29 is 14.3 Å². The minimum atomic E-state index is -0.273. The Bertz CT molecular complexity index is 782. The van der Waals surface area contributed by atoms with Gasteiger partial charge >= 0.3 is 6.03 Å². The summed E-state index contributed by atoms with van der Waals surface area (Å²) in [6, 6.07) is 3.97. The van der Waals surface area contributed by atoms with Crippen LogP contribution < -0.4 is 15.0 Å². The number of ether oxygens (including phenoxy) is 2. The van der Waals surface area contributed by atoms with E-state index in [1.807, 2.05) is 17.0 Å². The molecular weight excluding hydrogens is 302 g/mol. The summed E-state index contributed by atoms with van der Waals surface area (Å²) in [6.07, 6.45) is 1.74. The van der Waals surface area contributed by atoms with Gasteiger partial charge in [-0.05, 0) is 18.6 Å². The molecule has 0 radical (unpaired) electrons. The van der Waals surface area contributed by atoms with Gasteiger partial charge < -0.3 is 14.8 Å². The summed E-state index contributed by atoms with van der Waals surface area (Å²) in [5.74, 6) is 0.925. The van der Waals surface area contributed by atoms with Crippen LogP contribution >= 0.6 is 11.3 Å². The summed E-state index contributed by atoms with van der Waals surface area (Å²) in [5, 5.41) is 3.71. The number of nitrogens with zero attached hydrogens (tertiary/aromatic N) is 2. The van der Waals surface area contributed by atoms with Crippen LogP contribution in [0.25, 0.3) is 10.2 Å². The van der Waals surface area contributed by atoms with E-state index in [1.54, 1.807) is 11.3 Å². The van der Waals surface area contributed by atoms with Gasteiger partial charge in [0.1, 0.15) is 5.75 Å².